The Bertz CT molecular complexity index is 142. The second kappa shape index (κ2) is 7.08. The Morgan fingerprint density at radius 1 is 1.50 bits per heavy atom. The number of rotatable bonds is 6. The summed E-state index contributed by atoms with van der Waals surface area (Å²) in [6, 6.07) is 2.56. The van der Waals surface area contributed by atoms with E-state index < -0.39 is 0 Å². The van der Waals surface area contributed by atoms with E-state index in [4.69, 9.17) is 10.4 Å². The van der Waals surface area contributed by atoms with E-state index in [9.17, 15) is 0 Å². The summed E-state index contributed by atoms with van der Waals surface area (Å²) in [6.07, 6.45) is 1.80. The Balaban J connectivity index is 3.31. The highest BCUT2D eigenvalue weighted by Gasteiger charge is 2.03. The minimum absolute atomic E-state index is 0.0709. The summed E-state index contributed by atoms with van der Waals surface area (Å²) in [7, 11) is 0. The molecule has 0 aromatic heterocycles. The van der Waals surface area contributed by atoms with Crippen LogP contribution in [-0.4, -0.2) is 24.3 Å². The zero-order valence-electron chi connectivity index (χ0n) is 7.88. The van der Waals surface area contributed by atoms with Crippen LogP contribution < -0.4 is 5.32 Å². The van der Waals surface area contributed by atoms with Crippen LogP contribution in [0.4, 0.5) is 0 Å². The largest absolute Gasteiger partial charge is 0.396 e. The molecule has 0 aromatic carbocycles. The van der Waals surface area contributed by atoms with Crippen molar-refractivity contribution >= 4 is 0 Å². The molecule has 3 nitrogen and oxygen atoms in total. The van der Waals surface area contributed by atoms with Crippen molar-refractivity contribution in [3.8, 4) is 6.07 Å². The maximum absolute atomic E-state index is 8.56. The first kappa shape index (κ1) is 11.4. The molecular formula is C9H18N2O. The van der Waals surface area contributed by atoms with E-state index in [1.54, 1.807) is 0 Å². The average molecular weight is 170 g/mol. The van der Waals surface area contributed by atoms with E-state index in [0.717, 1.165) is 19.4 Å². The standard InChI is InChI=1S/C9H18N2O/c1-8(6-10)7-11-9(2)4-3-5-12/h8-9,11-12H,3-5,7H2,1-2H3. The van der Waals surface area contributed by atoms with E-state index in [0.29, 0.717) is 6.04 Å². The molecule has 0 rings (SSSR count). The van der Waals surface area contributed by atoms with Crippen LogP contribution in [-0.2, 0) is 0 Å². The maximum atomic E-state index is 8.56. The number of hydrogen-bond donors (Lipinski definition) is 2. The van der Waals surface area contributed by atoms with Crippen molar-refractivity contribution < 1.29 is 5.11 Å². The van der Waals surface area contributed by atoms with Gasteiger partial charge in [-0.25, -0.2) is 0 Å². The number of nitrogens with zero attached hydrogens (tertiary/aromatic N) is 1. The van der Waals surface area contributed by atoms with Gasteiger partial charge in [0.15, 0.2) is 0 Å². The first-order valence-corrected chi connectivity index (χ1v) is 4.44. The molecular weight excluding hydrogens is 152 g/mol. The van der Waals surface area contributed by atoms with Crippen LogP contribution in [0.2, 0.25) is 0 Å². The van der Waals surface area contributed by atoms with Crippen LogP contribution in [0, 0.1) is 17.2 Å². The summed E-state index contributed by atoms with van der Waals surface area (Å²) < 4.78 is 0. The number of aliphatic hydroxyl groups excluding tert-OH is 1. The molecule has 0 aliphatic heterocycles. The zero-order valence-corrected chi connectivity index (χ0v) is 7.88. The Kier molecular flexibility index (Phi) is 6.73. The molecule has 0 saturated heterocycles. The smallest absolute Gasteiger partial charge is 0.0666 e. The van der Waals surface area contributed by atoms with Gasteiger partial charge in [-0.05, 0) is 26.7 Å². The summed E-state index contributed by atoms with van der Waals surface area (Å²) in [5.74, 6) is 0.0709. The Morgan fingerprint density at radius 3 is 2.67 bits per heavy atom. The second-order valence-corrected chi connectivity index (χ2v) is 3.21. The highest BCUT2D eigenvalue weighted by molar-refractivity contribution is 4.80. The molecule has 12 heavy (non-hydrogen) atoms. The maximum Gasteiger partial charge on any atom is 0.0666 e. The highest BCUT2D eigenvalue weighted by atomic mass is 16.2. The van der Waals surface area contributed by atoms with Gasteiger partial charge in [0.25, 0.3) is 0 Å². The number of hydrogen-bond acceptors (Lipinski definition) is 3. The molecule has 70 valence electrons. The predicted molar refractivity (Wildman–Crippen MR) is 48.6 cm³/mol. The Labute approximate surface area is 74.4 Å². The van der Waals surface area contributed by atoms with Gasteiger partial charge < -0.3 is 10.4 Å². The van der Waals surface area contributed by atoms with Crippen LogP contribution in [0.1, 0.15) is 26.7 Å². The zero-order chi connectivity index (χ0) is 9.40. The minimum Gasteiger partial charge on any atom is -0.396 e. The third kappa shape index (κ3) is 6.14. The SMILES string of the molecule is CC(C#N)CNC(C)CCCO. The fourth-order valence-electron chi connectivity index (χ4n) is 0.923. The molecule has 3 heteroatoms. The molecule has 0 radical (unpaired) electrons. The first-order chi connectivity index (χ1) is 5.70. The molecule has 0 aliphatic rings. The highest BCUT2D eigenvalue weighted by Crippen LogP contribution is 1.96. The van der Waals surface area contributed by atoms with Gasteiger partial charge in [0.1, 0.15) is 0 Å². The van der Waals surface area contributed by atoms with Crippen molar-refractivity contribution in [1.29, 1.82) is 5.26 Å². The van der Waals surface area contributed by atoms with Gasteiger partial charge in [0.05, 0.1) is 12.0 Å². The minimum atomic E-state index is 0.0709. The molecule has 0 aromatic rings. The summed E-state index contributed by atoms with van der Waals surface area (Å²) in [5, 5.41) is 20.3. The molecule has 0 aliphatic carbocycles. The molecule has 0 heterocycles. The third-order valence-corrected chi connectivity index (χ3v) is 1.79. The van der Waals surface area contributed by atoms with E-state index in [2.05, 4.69) is 18.3 Å². The van der Waals surface area contributed by atoms with Gasteiger partial charge in [-0.15, -0.1) is 0 Å². The van der Waals surface area contributed by atoms with E-state index in [1.807, 2.05) is 6.92 Å². The summed E-state index contributed by atoms with van der Waals surface area (Å²) in [6.45, 7) is 4.95. The number of nitriles is 1. The average Bonchev–Trinajstić information content (AvgIpc) is 2.10. The lowest BCUT2D eigenvalue weighted by Gasteiger charge is -2.13. The first-order valence-electron chi connectivity index (χ1n) is 4.44. The molecule has 0 spiro atoms. The van der Waals surface area contributed by atoms with E-state index in [-0.39, 0.29) is 12.5 Å². The monoisotopic (exact) mass is 170 g/mol. The molecule has 2 atom stereocenters. The van der Waals surface area contributed by atoms with Crippen LogP contribution in [0.15, 0.2) is 0 Å². The Hall–Kier alpha value is -0.590. The predicted octanol–water partition coefficient (Wildman–Crippen LogP) is 0.897. The lowest BCUT2D eigenvalue weighted by atomic mass is 10.1. The van der Waals surface area contributed by atoms with Gasteiger partial charge >= 0.3 is 0 Å². The fraction of sp³-hybridized carbons (Fsp3) is 0.889. The second-order valence-electron chi connectivity index (χ2n) is 3.21. The normalized spacial score (nSPS) is 15.2. The number of aliphatic hydroxyl groups is 1. The molecule has 0 bridgehead atoms. The van der Waals surface area contributed by atoms with Crippen molar-refractivity contribution in [1.82, 2.24) is 5.32 Å². The van der Waals surface area contributed by atoms with Crippen molar-refractivity contribution in [2.45, 2.75) is 32.7 Å². The van der Waals surface area contributed by atoms with Gasteiger partial charge in [0, 0.05) is 19.2 Å². The molecule has 0 saturated carbocycles. The van der Waals surface area contributed by atoms with Gasteiger partial charge in [0.2, 0.25) is 0 Å². The molecule has 2 unspecified atom stereocenters. The fourth-order valence-corrected chi connectivity index (χ4v) is 0.923. The molecule has 0 amide bonds. The quantitative estimate of drug-likeness (QED) is 0.622. The lowest BCUT2D eigenvalue weighted by molar-refractivity contribution is 0.276. The summed E-state index contributed by atoms with van der Waals surface area (Å²) in [4.78, 5) is 0. The topological polar surface area (TPSA) is 56.0 Å². The van der Waals surface area contributed by atoms with E-state index in [1.165, 1.54) is 0 Å². The summed E-state index contributed by atoms with van der Waals surface area (Å²) >= 11 is 0. The Morgan fingerprint density at radius 2 is 2.17 bits per heavy atom. The van der Waals surface area contributed by atoms with E-state index >= 15 is 0 Å². The van der Waals surface area contributed by atoms with Crippen LogP contribution in [0.5, 0.6) is 0 Å². The van der Waals surface area contributed by atoms with Crippen LogP contribution in [0.25, 0.3) is 0 Å². The van der Waals surface area contributed by atoms with Crippen LogP contribution >= 0.6 is 0 Å². The lowest BCUT2D eigenvalue weighted by Crippen LogP contribution is -2.30. The molecule has 2 N–H and O–H groups in total. The molecule has 0 fully saturated rings. The van der Waals surface area contributed by atoms with Crippen molar-refractivity contribution in [3.63, 3.8) is 0 Å². The van der Waals surface area contributed by atoms with Gasteiger partial charge in [-0.1, -0.05) is 0 Å². The van der Waals surface area contributed by atoms with Gasteiger partial charge in [-0.2, -0.15) is 5.26 Å². The summed E-state index contributed by atoms with van der Waals surface area (Å²) in [5.41, 5.74) is 0. The number of nitrogens with one attached hydrogen (secondary N) is 1. The van der Waals surface area contributed by atoms with Crippen molar-refractivity contribution in [2.24, 2.45) is 5.92 Å². The van der Waals surface area contributed by atoms with Gasteiger partial charge in [-0.3, -0.25) is 0 Å². The van der Waals surface area contributed by atoms with Crippen molar-refractivity contribution in [3.05, 3.63) is 0 Å². The van der Waals surface area contributed by atoms with Crippen molar-refractivity contribution in [2.75, 3.05) is 13.2 Å². The third-order valence-electron chi connectivity index (χ3n) is 1.79. The van der Waals surface area contributed by atoms with Crippen LogP contribution in [0.3, 0.4) is 0 Å².